The van der Waals surface area contributed by atoms with Gasteiger partial charge >= 0.3 is 11.8 Å². The van der Waals surface area contributed by atoms with Crippen LogP contribution in [0.5, 0.6) is 0 Å². The van der Waals surface area contributed by atoms with Crippen LogP contribution >= 0.6 is 11.3 Å². The Kier molecular flexibility index (Phi) is 5.64. The van der Waals surface area contributed by atoms with E-state index in [1.807, 2.05) is 24.3 Å². The van der Waals surface area contributed by atoms with Gasteiger partial charge in [-0.2, -0.15) is 0 Å². The molecule has 2 aromatic heterocycles. The predicted octanol–water partition coefficient (Wildman–Crippen LogP) is 3.05. The normalized spacial score (nSPS) is 12.8. The van der Waals surface area contributed by atoms with E-state index in [-0.39, 0.29) is 17.5 Å². The number of nitrogens with one attached hydrogen (secondary N) is 2. The van der Waals surface area contributed by atoms with E-state index in [0.29, 0.717) is 30.0 Å². The number of amides is 3. The van der Waals surface area contributed by atoms with Crippen molar-refractivity contribution in [1.29, 1.82) is 0 Å². The van der Waals surface area contributed by atoms with Gasteiger partial charge in [-0.3, -0.25) is 19.4 Å². The van der Waals surface area contributed by atoms with Crippen LogP contribution in [-0.2, 0) is 22.6 Å². The Morgan fingerprint density at radius 3 is 2.68 bits per heavy atom. The smallest absolute Gasteiger partial charge is 0.313 e. The van der Waals surface area contributed by atoms with E-state index in [2.05, 4.69) is 20.6 Å². The molecule has 34 heavy (non-hydrogen) atoms. The molecule has 4 aromatic rings. The molecule has 170 valence electrons. The molecular formula is C24H20N6O3S. The summed E-state index contributed by atoms with van der Waals surface area (Å²) < 4.78 is 0. The van der Waals surface area contributed by atoms with Crippen molar-refractivity contribution in [2.24, 2.45) is 0 Å². The van der Waals surface area contributed by atoms with Crippen LogP contribution in [0.15, 0.2) is 60.8 Å². The van der Waals surface area contributed by atoms with E-state index >= 15 is 0 Å². The third-order valence-corrected chi connectivity index (χ3v) is 6.55. The lowest BCUT2D eigenvalue weighted by Crippen LogP contribution is -2.42. The molecule has 10 heteroatoms. The van der Waals surface area contributed by atoms with Crippen LogP contribution in [0.3, 0.4) is 0 Å². The second-order valence-electron chi connectivity index (χ2n) is 7.78. The van der Waals surface area contributed by atoms with Crippen LogP contribution in [0, 0.1) is 0 Å². The highest BCUT2D eigenvalue weighted by molar-refractivity contribution is 7.13. The lowest BCUT2D eigenvalue weighted by molar-refractivity contribution is -0.143. The van der Waals surface area contributed by atoms with Gasteiger partial charge in [-0.1, -0.05) is 30.3 Å². The Hall–Kier alpha value is -4.31. The monoisotopic (exact) mass is 472 g/mol. The van der Waals surface area contributed by atoms with Gasteiger partial charge in [0.1, 0.15) is 0 Å². The number of hydrogen-bond donors (Lipinski definition) is 3. The van der Waals surface area contributed by atoms with Gasteiger partial charge < -0.3 is 21.3 Å². The summed E-state index contributed by atoms with van der Waals surface area (Å²) in [4.78, 5) is 49.0. The average Bonchev–Trinajstić information content (AvgIpc) is 3.28. The SMILES string of the molecule is Nc1ccccc1NC(=O)c1nc2c(s1)CN(C(=O)C(=O)Nc1cnc3ccccc3c1)CC2. The zero-order chi connectivity index (χ0) is 23.7. The summed E-state index contributed by atoms with van der Waals surface area (Å²) in [5, 5.41) is 6.54. The number of pyridine rings is 1. The van der Waals surface area contributed by atoms with Crippen LogP contribution < -0.4 is 16.4 Å². The Labute approximate surface area is 198 Å². The number of nitrogens with zero attached hydrogens (tertiary/aromatic N) is 3. The molecule has 1 aliphatic heterocycles. The second-order valence-corrected chi connectivity index (χ2v) is 8.86. The molecule has 0 saturated heterocycles. The van der Waals surface area contributed by atoms with Gasteiger partial charge in [0.15, 0.2) is 5.01 Å². The lowest BCUT2D eigenvalue weighted by Gasteiger charge is -2.25. The first-order valence-electron chi connectivity index (χ1n) is 10.6. The van der Waals surface area contributed by atoms with Gasteiger partial charge in [0.25, 0.3) is 5.91 Å². The first kappa shape index (κ1) is 21.5. The summed E-state index contributed by atoms with van der Waals surface area (Å²) in [5.74, 6) is -1.74. The summed E-state index contributed by atoms with van der Waals surface area (Å²) in [6.07, 6.45) is 1.98. The van der Waals surface area contributed by atoms with E-state index in [9.17, 15) is 14.4 Å². The predicted molar refractivity (Wildman–Crippen MR) is 130 cm³/mol. The minimum atomic E-state index is -0.734. The first-order chi connectivity index (χ1) is 16.5. The molecule has 0 unspecified atom stereocenters. The van der Waals surface area contributed by atoms with E-state index in [1.54, 1.807) is 30.3 Å². The third kappa shape index (κ3) is 4.30. The first-order valence-corrected chi connectivity index (χ1v) is 11.4. The number of fused-ring (bicyclic) bond motifs is 2. The molecule has 5 rings (SSSR count). The third-order valence-electron chi connectivity index (χ3n) is 5.46. The molecule has 0 radical (unpaired) electrons. The summed E-state index contributed by atoms with van der Waals surface area (Å²) in [5.41, 5.74) is 8.88. The van der Waals surface area contributed by atoms with Crippen molar-refractivity contribution in [2.45, 2.75) is 13.0 Å². The molecular weight excluding hydrogens is 452 g/mol. The Morgan fingerprint density at radius 1 is 1.03 bits per heavy atom. The highest BCUT2D eigenvalue weighted by atomic mass is 32.1. The zero-order valence-corrected chi connectivity index (χ0v) is 18.8. The molecule has 2 aromatic carbocycles. The summed E-state index contributed by atoms with van der Waals surface area (Å²) >= 11 is 1.21. The molecule has 0 atom stereocenters. The molecule has 0 bridgehead atoms. The Balaban J connectivity index is 1.25. The molecule has 0 spiro atoms. The van der Waals surface area contributed by atoms with E-state index in [0.717, 1.165) is 21.5 Å². The van der Waals surface area contributed by atoms with Crippen LogP contribution in [-0.4, -0.2) is 39.1 Å². The second kappa shape index (κ2) is 8.91. The molecule has 0 fully saturated rings. The van der Waals surface area contributed by atoms with Gasteiger partial charge in [-0.25, -0.2) is 4.98 Å². The standard InChI is InChI=1S/C24H20N6O3S/c25-16-6-2-4-8-18(16)28-21(31)23-29-19-9-10-30(13-20(19)34-23)24(33)22(32)27-15-11-14-5-1-3-7-17(14)26-12-15/h1-8,11-12H,9-10,13,25H2,(H,27,32)(H,28,31). The van der Waals surface area contributed by atoms with Crippen molar-refractivity contribution >= 4 is 57.0 Å². The number of para-hydroxylation sites is 3. The van der Waals surface area contributed by atoms with Crippen LogP contribution in [0.4, 0.5) is 17.1 Å². The number of anilines is 3. The number of aromatic nitrogens is 2. The molecule has 3 heterocycles. The van der Waals surface area contributed by atoms with Crippen molar-refractivity contribution in [1.82, 2.24) is 14.9 Å². The fraction of sp³-hybridized carbons (Fsp3) is 0.125. The van der Waals surface area contributed by atoms with Crippen molar-refractivity contribution in [3.05, 3.63) is 76.4 Å². The van der Waals surface area contributed by atoms with E-state index in [1.165, 1.54) is 22.4 Å². The van der Waals surface area contributed by atoms with E-state index in [4.69, 9.17) is 5.73 Å². The Morgan fingerprint density at radius 2 is 1.82 bits per heavy atom. The average molecular weight is 473 g/mol. The maximum absolute atomic E-state index is 12.8. The van der Waals surface area contributed by atoms with Crippen LogP contribution in [0.2, 0.25) is 0 Å². The molecule has 9 nitrogen and oxygen atoms in total. The summed E-state index contributed by atoms with van der Waals surface area (Å²) in [6.45, 7) is 0.557. The van der Waals surface area contributed by atoms with Crippen molar-refractivity contribution in [3.8, 4) is 0 Å². The van der Waals surface area contributed by atoms with Gasteiger partial charge in [-0.15, -0.1) is 11.3 Å². The molecule has 0 saturated carbocycles. The number of nitrogens with two attached hydrogens (primary N) is 1. The van der Waals surface area contributed by atoms with Crippen molar-refractivity contribution in [2.75, 3.05) is 22.9 Å². The Bertz CT molecular complexity index is 1430. The summed E-state index contributed by atoms with van der Waals surface area (Å²) in [7, 11) is 0. The van der Waals surface area contributed by atoms with Gasteiger partial charge in [0.05, 0.1) is 41.0 Å². The molecule has 1 aliphatic rings. The number of nitrogen functional groups attached to an aromatic ring is 1. The largest absolute Gasteiger partial charge is 0.397 e. The zero-order valence-electron chi connectivity index (χ0n) is 17.9. The minimum absolute atomic E-state index is 0.218. The quantitative estimate of drug-likeness (QED) is 0.310. The van der Waals surface area contributed by atoms with Crippen molar-refractivity contribution < 1.29 is 14.4 Å². The fourth-order valence-corrected chi connectivity index (χ4v) is 4.74. The maximum Gasteiger partial charge on any atom is 0.313 e. The highest BCUT2D eigenvalue weighted by Crippen LogP contribution is 2.27. The number of carbonyl (C=O) groups excluding carboxylic acids is 3. The highest BCUT2D eigenvalue weighted by Gasteiger charge is 2.29. The molecule has 4 N–H and O–H groups in total. The van der Waals surface area contributed by atoms with Crippen molar-refractivity contribution in [3.63, 3.8) is 0 Å². The topological polar surface area (TPSA) is 130 Å². The van der Waals surface area contributed by atoms with E-state index < -0.39 is 11.8 Å². The number of hydrogen-bond acceptors (Lipinski definition) is 7. The number of thiazole rings is 1. The lowest BCUT2D eigenvalue weighted by atomic mass is 10.1. The molecule has 0 aliphatic carbocycles. The van der Waals surface area contributed by atoms with Gasteiger partial charge in [0.2, 0.25) is 0 Å². The number of carbonyl (C=O) groups is 3. The van der Waals surface area contributed by atoms with Gasteiger partial charge in [0, 0.05) is 23.2 Å². The van der Waals surface area contributed by atoms with Gasteiger partial charge in [-0.05, 0) is 24.3 Å². The minimum Gasteiger partial charge on any atom is -0.397 e. The fourth-order valence-electron chi connectivity index (χ4n) is 3.72. The van der Waals surface area contributed by atoms with Crippen LogP contribution in [0.1, 0.15) is 20.4 Å². The van der Waals surface area contributed by atoms with Crippen LogP contribution in [0.25, 0.3) is 10.9 Å². The molecule has 3 amide bonds. The summed E-state index contributed by atoms with van der Waals surface area (Å²) in [6, 6.07) is 16.3. The maximum atomic E-state index is 12.8. The number of benzene rings is 2. The number of rotatable bonds is 3.